The molecule has 0 radical (unpaired) electrons. The molecule has 0 aromatic heterocycles. The number of carbonyl (C=O) groups is 2. The third kappa shape index (κ3) is 4.17. The van der Waals surface area contributed by atoms with Gasteiger partial charge in [0.15, 0.2) is 0 Å². The van der Waals surface area contributed by atoms with Crippen LogP contribution < -0.4 is 10.6 Å². The molecular formula is C21H23Cl2N3O2. The lowest BCUT2D eigenvalue weighted by atomic mass is 10.1. The smallest absolute Gasteiger partial charge is 0.256 e. The summed E-state index contributed by atoms with van der Waals surface area (Å²) in [7, 11) is 0. The molecular weight excluding hydrogens is 397 g/mol. The molecule has 0 saturated carbocycles. The number of nitrogens with one attached hydrogen (secondary N) is 2. The maximum atomic E-state index is 13.3. The molecule has 2 atom stereocenters. The second-order valence-corrected chi connectivity index (χ2v) is 7.53. The normalized spacial score (nSPS) is 20.8. The molecule has 4 rings (SSSR count). The highest BCUT2D eigenvalue weighted by atomic mass is 35.5. The fraction of sp³-hybridized carbons (Fsp3) is 0.333. The van der Waals surface area contributed by atoms with E-state index in [1.54, 1.807) is 36.4 Å². The number of halogens is 2. The Hall–Kier alpha value is -2.08. The first kappa shape index (κ1) is 20.6. The number of carbonyl (C=O) groups excluding carboxylic acids is 2. The highest BCUT2D eigenvalue weighted by Gasteiger charge is 2.38. The average Bonchev–Trinajstić information content (AvgIpc) is 2.94. The molecule has 0 aliphatic carbocycles. The number of anilines is 1. The zero-order chi connectivity index (χ0) is 18.8. The van der Waals surface area contributed by atoms with Gasteiger partial charge in [-0.25, -0.2) is 0 Å². The van der Waals surface area contributed by atoms with Gasteiger partial charge in [-0.15, -0.1) is 12.4 Å². The molecule has 7 heteroatoms. The summed E-state index contributed by atoms with van der Waals surface area (Å²) in [5.74, 6) is -0.259. The monoisotopic (exact) mass is 419 g/mol. The molecule has 2 bridgehead atoms. The summed E-state index contributed by atoms with van der Waals surface area (Å²) in [6.07, 6.45) is 3.06. The van der Waals surface area contributed by atoms with E-state index in [1.165, 1.54) is 0 Å². The number of para-hydroxylation sites is 1. The van der Waals surface area contributed by atoms with E-state index in [4.69, 9.17) is 11.6 Å². The quantitative estimate of drug-likeness (QED) is 0.790. The predicted molar refractivity (Wildman–Crippen MR) is 114 cm³/mol. The SMILES string of the molecule is Cl.O=C(Nc1ccccc1C(=O)N1C2CCNCC1CC2)c1ccc(Cl)cc1. The van der Waals surface area contributed by atoms with Crippen LogP contribution in [0.5, 0.6) is 0 Å². The zero-order valence-corrected chi connectivity index (χ0v) is 16.9. The second kappa shape index (κ2) is 8.95. The van der Waals surface area contributed by atoms with E-state index in [-0.39, 0.29) is 36.3 Å². The van der Waals surface area contributed by atoms with E-state index < -0.39 is 0 Å². The molecule has 2 aromatic rings. The van der Waals surface area contributed by atoms with Crippen molar-refractivity contribution in [3.05, 3.63) is 64.7 Å². The molecule has 2 unspecified atom stereocenters. The minimum Gasteiger partial charge on any atom is -0.331 e. The summed E-state index contributed by atoms with van der Waals surface area (Å²) >= 11 is 5.89. The van der Waals surface area contributed by atoms with Crippen LogP contribution >= 0.6 is 24.0 Å². The van der Waals surface area contributed by atoms with Gasteiger partial charge in [-0.1, -0.05) is 23.7 Å². The maximum Gasteiger partial charge on any atom is 0.256 e. The Morgan fingerprint density at radius 1 is 1.00 bits per heavy atom. The van der Waals surface area contributed by atoms with E-state index in [2.05, 4.69) is 10.6 Å². The third-order valence-corrected chi connectivity index (χ3v) is 5.65. The van der Waals surface area contributed by atoms with Crippen molar-refractivity contribution in [2.45, 2.75) is 31.3 Å². The zero-order valence-electron chi connectivity index (χ0n) is 15.4. The number of rotatable bonds is 3. The first-order valence-corrected chi connectivity index (χ1v) is 9.70. The van der Waals surface area contributed by atoms with E-state index >= 15 is 0 Å². The molecule has 2 fully saturated rings. The van der Waals surface area contributed by atoms with Crippen LogP contribution in [0.2, 0.25) is 5.02 Å². The minimum absolute atomic E-state index is 0. The summed E-state index contributed by atoms with van der Waals surface area (Å²) in [6, 6.07) is 14.4. The second-order valence-electron chi connectivity index (χ2n) is 7.10. The molecule has 0 spiro atoms. The Morgan fingerprint density at radius 2 is 1.71 bits per heavy atom. The molecule has 28 heavy (non-hydrogen) atoms. The van der Waals surface area contributed by atoms with E-state index in [9.17, 15) is 9.59 Å². The molecule has 2 aliphatic rings. The van der Waals surface area contributed by atoms with E-state index in [1.807, 2.05) is 17.0 Å². The standard InChI is InChI=1S/C21H22ClN3O2.ClH/c22-15-7-5-14(6-8-15)20(26)24-19-4-2-1-3-18(19)21(27)25-16-9-10-17(25)13-23-12-11-16;/h1-8,16-17,23H,9-13H2,(H,24,26);1H. The van der Waals surface area contributed by atoms with Crippen molar-refractivity contribution in [3.8, 4) is 0 Å². The van der Waals surface area contributed by atoms with Crippen LogP contribution in [0, 0.1) is 0 Å². The Kier molecular flexibility index (Phi) is 6.60. The Balaban J connectivity index is 0.00000225. The molecule has 148 valence electrons. The van der Waals surface area contributed by atoms with Gasteiger partial charge in [0.2, 0.25) is 0 Å². The molecule has 2 amide bonds. The third-order valence-electron chi connectivity index (χ3n) is 5.40. The number of nitrogens with zero attached hydrogens (tertiary/aromatic N) is 1. The van der Waals surface area contributed by atoms with Gasteiger partial charge in [-0.3, -0.25) is 9.59 Å². The van der Waals surface area contributed by atoms with Gasteiger partial charge in [0, 0.05) is 29.2 Å². The summed E-state index contributed by atoms with van der Waals surface area (Å²) in [4.78, 5) is 27.9. The Bertz CT molecular complexity index is 843. The molecule has 2 aliphatic heterocycles. The van der Waals surface area contributed by atoms with Crippen molar-refractivity contribution >= 4 is 41.5 Å². The predicted octanol–water partition coefficient (Wildman–Crippen LogP) is 3.98. The number of hydrogen-bond donors (Lipinski definition) is 2. The van der Waals surface area contributed by atoms with Crippen LogP contribution in [0.4, 0.5) is 5.69 Å². The molecule has 2 aromatic carbocycles. The first-order chi connectivity index (χ1) is 13.1. The van der Waals surface area contributed by atoms with Crippen LogP contribution in [0.15, 0.2) is 48.5 Å². The number of fused-ring (bicyclic) bond motifs is 2. The highest BCUT2D eigenvalue weighted by molar-refractivity contribution is 6.30. The number of benzene rings is 2. The number of hydrogen-bond acceptors (Lipinski definition) is 3. The fourth-order valence-electron chi connectivity index (χ4n) is 4.03. The molecule has 2 heterocycles. The lowest BCUT2D eigenvalue weighted by Gasteiger charge is -2.28. The largest absolute Gasteiger partial charge is 0.331 e. The van der Waals surface area contributed by atoms with Crippen molar-refractivity contribution in [2.75, 3.05) is 18.4 Å². The Morgan fingerprint density at radius 3 is 2.50 bits per heavy atom. The molecule has 2 saturated heterocycles. The van der Waals surface area contributed by atoms with Crippen molar-refractivity contribution in [1.82, 2.24) is 10.2 Å². The van der Waals surface area contributed by atoms with Crippen molar-refractivity contribution in [3.63, 3.8) is 0 Å². The van der Waals surface area contributed by atoms with Crippen LogP contribution in [0.25, 0.3) is 0 Å². The van der Waals surface area contributed by atoms with E-state index in [0.29, 0.717) is 21.8 Å². The summed E-state index contributed by atoms with van der Waals surface area (Å²) < 4.78 is 0. The first-order valence-electron chi connectivity index (χ1n) is 9.33. The topological polar surface area (TPSA) is 61.4 Å². The van der Waals surface area contributed by atoms with Crippen molar-refractivity contribution in [1.29, 1.82) is 0 Å². The van der Waals surface area contributed by atoms with Gasteiger partial charge in [-0.2, -0.15) is 0 Å². The summed E-state index contributed by atoms with van der Waals surface area (Å²) in [5.41, 5.74) is 1.58. The van der Waals surface area contributed by atoms with Crippen molar-refractivity contribution in [2.24, 2.45) is 0 Å². The van der Waals surface area contributed by atoms with E-state index in [0.717, 1.165) is 32.4 Å². The maximum absolute atomic E-state index is 13.3. The minimum atomic E-state index is -0.257. The van der Waals surface area contributed by atoms with Gasteiger partial charge >= 0.3 is 0 Å². The van der Waals surface area contributed by atoms with Gasteiger partial charge in [-0.05, 0) is 62.2 Å². The van der Waals surface area contributed by atoms with Gasteiger partial charge < -0.3 is 15.5 Å². The summed E-state index contributed by atoms with van der Waals surface area (Å²) in [6.45, 7) is 1.78. The van der Waals surface area contributed by atoms with Crippen LogP contribution in [-0.2, 0) is 0 Å². The van der Waals surface area contributed by atoms with Gasteiger partial charge in [0.25, 0.3) is 11.8 Å². The van der Waals surface area contributed by atoms with Crippen LogP contribution in [-0.4, -0.2) is 41.9 Å². The highest BCUT2D eigenvalue weighted by Crippen LogP contribution is 2.31. The fourth-order valence-corrected chi connectivity index (χ4v) is 4.15. The van der Waals surface area contributed by atoms with Gasteiger partial charge in [0.1, 0.15) is 0 Å². The average molecular weight is 420 g/mol. The summed E-state index contributed by atoms with van der Waals surface area (Å²) in [5, 5.41) is 6.88. The molecule has 2 N–H and O–H groups in total. The Labute approximate surface area is 175 Å². The lowest BCUT2D eigenvalue weighted by Crippen LogP contribution is -2.42. The lowest BCUT2D eigenvalue weighted by molar-refractivity contribution is 0.0681. The van der Waals surface area contributed by atoms with Crippen molar-refractivity contribution < 1.29 is 9.59 Å². The van der Waals surface area contributed by atoms with Gasteiger partial charge in [0.05, 0.1) is 11.3 Å². The van der Waals surface area contributed by atoms with Crippen LogP contribution in [0.3, 0.4) is 0 Å². The molecule has 5 nitrogen and oxygen atoms in total. The number of amides is 2. The van der Waals surface area contributed by atoms with Crippen LogP contribution in [0.1, 0.15) is 40.0 Å².